The fourth-order valence-electron chi connectivity index (χ4n) is 0.963. The number of carbonyl (C=O) groups excluding carboxylic acids is 1. The molecule has 4 heteroatoms. The summed E-state index contributed by atoms with van der Waals surface area (Å²) in [5.41, 5.74) is 0.977. The van der Waals surface area contributed by atoms with Crippen molar-refractivity contribution in [3.05, 3.63) is 29.8 Å². The molecule has 0 heterocycles. The Morgan fingerprint density at radius 3 is 2.44 bits per heavy atom. The van der Waals surface area contributed by atoms with Gasteiger partial charge in [0, 0.05) is 0 Å². The van der Waals surface area contributed by atoms with Crippen molar-refractivity contribution in [3.63, 3.8) is 0 Å². The third-order valence-corrected chi connectivity index (χ3v) is 3.46. The zero-order chi connectivity index (χ0) is 12.0. The molecule has 0 aliphatic carbocycles. The van der Waals surface area contributed by atoms with Crippen molar-refractivity contribution in [2.75, 3.05) is 0 Å². The molecule has 0 aromatic heterocycles. The van der Waals surface area contributed by atoms with Crippen LogP contribution in [0, 0.1) is 0 Å². The van der Waals surface area contributed by atoms with Crippen LogP contribution in [-0.2, 0) is 16.1 Å². The Balaban J connectivity index is 2.44. The number of hydrogen-bond donors (Lipinski definition) is 0. The van der Waals surface area contributed by atoms with Gasteiger partial charge in [0.05, 0.1) is 0 Å². The number of ether oxygens (including phenoxy) is 1. The van der Waals surface area contributed by atoms with Gasteiger partial charge in [-0.2, -0.15) is 0 Å². The second-order valence-electron chi connectivity index (χ2n) is 3.60. The van der Waals surface area contributed by atoms with E-state index in [1.807, 2.05) is 24.3 Å². The SMILES string of the molecule is CC(=O)OCc1ccc(O[I-]C(C)C)cc1. The molecule has 0 aliphatic rings. The quantitative estimate of drug-likeness (QED) is 0.415. The number of rotatable bonds is 5. The molecular formula is C12H16IO3-. The second kappa shape index (κ2) is 6.73. The molecule has 0 saturated heterocycles. The molecule has 0 bridgehead atoms. The first-order valence-electron chi connectivity index (χ1n) is 5.10. The van der Waals surface area contributed by atoms with Crippen LogP contribution in [0.2, 0.25) is 0 Å². The molecule has 16 heavy (non-hydrogen) atoms. The van der Waals surface area contributed by atoms with Crippen LogP contribution in [0.5, 0.6) is 5.75 Å². The average molecular weight is 335 g/mol. The molecule has 0 saturated carbocycles. The van der Waals surface area contributed by atoms with Crippen LogP contribution < -0.4 is 24.7 Å². The number of halogens is 1. The summed E-state index contributed by atoms with van der Waals surface area (Å²) in [6.45, 7) is 6.05. The van der Waals surface area contributed by atoms with E-state index in [0.717, 1.165) is 11.3 Å². The fraction of sp³-hybridized carbons (Fsp3) is 0.417. The topological polar surface area (TPSA) is 35.5 Å². The molecule has 1 aromatic carbocycles. The molecule has 0 unspecified atom stereocenters. The molecule has 1 rings (SSSR count). The summed E-state index contributed by atoms with van der Waals surface area (Å²) in [6.07, 6.45) is 0. The average Bonchev–Trinajstić information content (AvgIpc) is 2.25. The standard InChI is InChI=1S/C12H16IO3/c1-9(2)13-16-12-6-4-11(5-7-12)8-15-10(3)14/h4-7,9H,8H2,1-3H3/q-1. The summed E-state index contributed by atoms with van der Waals surface area (Å²) < 4.78 is 11.2. The van der Waals surface area contributed by atoms with E-state index in [2.05, 4.69) is 13.8 Å². The van der Waals surface area contributed by atoms with E-state index in [9.17, 15) is 4.79 Å². The second-order valence-corrected chi connectivity index (χ2v) is 7.04. The van der Waals surface area contributed by atoms with Gasteiger partial charge < -0.3 is 0 Å². The fourth-order valence-corrected chi connectivity index (χ4v) is 2.06. The van der Waals surface area contributed by atoms with Crippen molar-refractivity contribution < 1.29 is 34.2 Å². The van der Waals surface area contributed by atoms with Crippen molar-refractivity contribution in [1.29, 1.82) is 0 Å². The van der Waals surface area contributed by atoms with Crippen LogP contribution in [0.25, 0.3) is 0 Å². The number of hydrogen-bond acceptors (Lipinski definition) is 3. The summed E-state index contributed by atoms with van der Waals surface area (Å²) in [5, 5.41) is 0. The van der Waals surface area contributed by atoms with Gasteiger partial charge in [-0.3, -0.25) is 0 Å². The number of carbonyl (C=O) groups is 1. The molecule has 0 N–H and O–H groups in total. The Hall–Kier alpha value is -0.780. The summed E-state index contributed by atoms with van der Waals surface area (Å²) in [6, 6.07) is 7.67. The first kappa shape index (κ1) is 13.3. The van der Waals surface area contributed by atoms with Gasteiger partial charge in [-0.05, 0) is 0 Å². The van der Waals surface area contributed by atoms with E-state index in [4.69, 9.17) is 7.80 Å². The zero-order valence-corrected chi connectivity index (χ0v) is 11.9. The minimum atomic E-state index is -0.258. The molecule has 1 aromatic rings. The maximum absolute atomic E-state index is 10.6. The third-order valence-electron chi connectivity index (χ3n) is 1.68. The summed E-state index contributed by atoms with van der Waals surface area (Å²) >= 11 is -0.228. The maximum atomic E-state index is 10.6. The van der Waals surface area contributed by atoms with Crippen LogP contribution in [0.4, 0.5) is 0 Å². The Labute approximate surface area is 107 Å². The summed E-state index contributed by atoms with van der Waals surface area (Å²) in [4.78, 5) is 10.6. The summed E-state index contributed by atoms with van der Waals surface area (Å²) in [5.74, 6) is 0.638. The van der Waals surface area contributed by atoms with Crippen molar-refractivity contribution in [2.24, 2.45) is 0 Å². The molecule has 90 valence electrons. The van der Waals surface area contributed by atoms with Crippen LogP contribution in [0.3, 0.4) is 0 Å². The number of alkyl halides is 1. The first-order chi connectivity index (χ1) is 7.58. The minimum absolute atomic E-state index is 0.228. The molecule has 0 fully saturated rings. The van der Waals surface area contributed by atoms with Gasteiger partial charge in [0.15, 0.2) is 0 Å². The van der Waals surface area contributed by atoms with Crippen molar-refractivity contribution in [2.45, 2.75) is 31.3 Å². The molecule has 0 atom stereocenters. The van der Waals surface area contributed by atoms with Crippen molar-refractivity contribution in [3.8, 4) is 5.75 Å². The van der Waals surface area contributed by atoms with Gasteiger partial charge in [0.1, 0.15) is 0 Å². The molecular weight excluding hydrogens is 319 g/mol. The Kier molecular flexibility index (Phi) is 5.59. The first-order valence-corrected chi connectivity index (χ1v) is 7.23. The normalized spacial score (nSPS) is 10.5. The van der Waals surface area contributed by atoms with Crippen LogP contribution in [-0.4, -0.2) is 9.89 Å². The van der Waals surface area contributed by atoms with E-state index < -0.39 is 0 Å². The van der Waals surface area contributed by atoms with Gasteiger partial charge in [0.2, 0.25) is 0 Å². The van der Waals surface area contributed by atoms with Crippen LogP contribution >= 0.6 is 0 Å². The van der Waals surface area contributed by atoms with Gasteiger partial charge in [-0.1, -0.05) is 0 Å². The predicted molar refractivity (Wildman–Crippen MR) is 57.7 cm³/mol. The molecule has 0 radical (unpaired) electrons. The zero-order valence-electron chi connectivity index (χ0n) is 9.70. The van der Waals surface area contributed by atoms with Gasteiger partial charge >= 0.3 is 107 Å². The number of benzene rings is 1. The van der Waals surface area contributed by atoms with E-state index in [-0.39, 0.29) is 27.6 Å². The summed E-state index contributed by atoms with van der Waals surface area (Å²) in [7, 11) is 0. The van der Waals surface area contributed by atoms with Gasteiger partial charge in [-0.15, -0.1) is 0 Å². The van der Waals surface area contributed by atoms with Crippen LogP contribution in [0.1, 0.15) is 26.3 Å². The van der Waals surface area contributed by atoms with E-state index in [1.165, 1.54) is 6.92 Å². The van der Waals surface area contributed by atoms with Crippen molar-refractivity contribution in [1.82, 2.24) is 0 Å². The Morgan fingerprint density at radius 1 is 1.31 bits per heavy atom. The Bertz CT molecular complexity index is 333. The third kappa shape index (κ3) is 5.34. The Morgan fingerprint density at radius 2 is 1.94 bits per heavy atom. The monoisotopic (exact) mass is 335 g/mol. The van der Waals surface area contributed by atoms with E-state index >= 15 is 0 Å². The number of esters is 1. The van der Waals surface area contributed by atoms with Gasteiger partial charge in [0.25, 0.3) is 0 Å². The predicted octanol–water partition coefficient (Wildman–Crippen LogP) is -0.459. The molecule has 0 aliphatic heterocycles. The van der Waals surface area contributed by atoms with Gasteiger partial charge in [-0.25, -0.2) is 0 Å². The molecule has 0 amide bonds. The van der Waals surface area contributed by atoms with Crippen LogP contribution in [0.15, 0.2) is 24.3 Å². The van der Waals surface area contributed by atoms with E-state index in [1.54, 1.807) is 0 Å². The molecule has 3 nitrogen and oxygen atoms in total. The van der Waals surface area contributed by atoms with Crippen molar-refractivity contribution >= 4 is 5.97 Å². The van der Waals surface area contributed by atoms with E-state index in [0.29, 0.717) is 10.5 Å². The molecule has 0 spiro atoms.